The van der Waals surface area contributed by atoms with Crippen LogP contribution < -0.4 is 0 Å². The van der Waals surface area contributed by atoms with Gasteiger partial charge in [0.25, 0.3) is 5.91 Å². The Morgan fingerprint density at radius 1 is 1.12 bits per heavy atom. The molecule has 2 rings (SSSR count). The Kier molecular flexibility index (Phi) is 5.80. The number of hydrogen-bond acceptors (Lipinski definition) is 3. The summed E-state index contributed by atoms with van der Waals surface area (Å²) in [7, 11) is 3.03. The van der Waals surface area contributed by atoms with E-state index in [1.165, 1.54) is 30.4 Å². The number of carbonyl (C=O) groups excluding carboxylic acids is 1. The lowest BCUT2D eigenvalue weighted by Gasteiger charge is -2.18. The second-order valence-corrected chi connectivity index (χ2v) is 5.39. The molecule has 0 spiro atoms. The number of halogens is 3. The molecule has 0 bridgehead atoms. The first-order chi connectivity index (χ1) is 11.8. The lowest BCUT2D eigenvalue weighted by molar-refractivity contribution is -0.137. The monoisotopic (exact) mass is 350 g/mol. The Morgan fingerprint density at radius 2 is 1.72 bits per heavy atom. The van der Waals surface area contributed by atoms with Gasteiger partial charge in [-0.25, -0.2) is 0 Å². The highest BCUT2D eigenvalue weighted by molar-refractivity contribution is 5.94. The maximum absolute atomic E-state index is 12.6. The largest absolute Gasteiger partial charge is 0.416 e. The van der Waals surface area contributed by atoms with Gasteiger partial charge in [-0.2, -0.15) is 13.2 Å². The van der Waals surface area contributed by atoms with Crippen LogP contribution in [0.4, 0.5) is 13.2 Å². The van der Waals surface area contributed by atoms with Gasteiger partial charge in [0.05, 0.1) is 11.8 Å². The number of oxime groups is 1. The maximum Gasteiger partial charge on any atom is 0.416 e. The van der Waals surface area contributed by atoms with Crippen LogP contribution in [0, 0.1) is 0 Å². The van der Waals surface area contributed by atoms with E-state index in [0.717, 1.165) is 17.7 Å². The van der Waals surface area contributed by atoms with Crippen LogP contribution in [0.15, 0.2) is 53.7 Å². The van der Waals surface area contributed by atoms with Crippen molar-refractivity contribution in [2.75, 3.05) is 14.2 Å². The molecule has 1 amide bonds. The van der Waals surface area contributed by atoms with Crippen LogP contribution in [0.1, 0.15) is 27.0 Å². The van der Waals surface area contributed by atoms with Gasteiger partial charge in [0.15, 0.2) is 0 Å². The van der Waals surface area contributed by atoms with Crippen LogP contribution in [-0.4, -0.2) is 31.2 Å². The molecule has 0 aliphatic heterocycles. The zero-order valence-electron chi connectivity index (χ0n) is 13.7. The number of amides is 1. The normalized spacial score (nSPS) is 11.6. The number of rotatable bonds is 5. The van der Waals surface area contributed by atoms with E-state index in [1.807, 2.05) is 0 Å². The minimum Gasteiger partial charge on any atom is -0.399 e. The second kappa shape index (κ2) is 7.83. The summed E-state index contributed by atoms with van der Waals surface area (Å²) in [5.41, 5.74) is 1.17. The average molecular weight is 350 g/mol. The molecule has 0 saturated carbocycles. The molecule has 0 aromatic heterocycles. The average Bonchev–Trinajstić information content (AvgIpc) is 2.59. The Balaban J connectivity index is 2.03. The van der Waals surface area contributed by atoms with Crippen molar-refractivity contribution < 1.29 is 22.8 Å². The predicted octanol–water partition coefficient (Wildman–Crippen LogP) is 3.96. The fourth-order valence-electron chi connectivity index (χ4n) is 2.19. The zero-order chi connectivity index (χ0) is 18.4. The molecule has 0 heterocycles. The number of nitrogens with zero attached hydrogens (tertiary/aromatic N) is 2. The highest BCUT2D eigenvalue weighted by atomic mass is 19.4. The summed E-state index contributed by atoms with van der Waals surface area (Å²) in [6.45, 7) is 0.212. The Labute approximate surface area is 143 Å². The van der Waals surface area contributed by atoms with Crippen LogP contribution in [0.3, 0.4) is 0 Å². The minimum absolute atomic E-state index is 0.212. The van der Waals surface area contributed by atoms with Crippen LogP contribution in [0.25, 0.3) is 0 Å². The number of carbonyl (C=O) groups is 1. The lowest BCUT2D eigenvalue weighted by atomic mass is 10.1. The lowest BCUT2D eigenvalue weighted by Crippen LogP contribution is -2.26. The van der Waals surface area contributed by atoms with E-state index in [9.17, 15) is 18.0 Å². The first-order valence-corrected chi connectivity index (χ1v) is 7.39. The molecule has 25 heavy (non-hydrogen) atoms. The van der Waals surface area contributed by atoms with Gasteiger partial charge in [0.2, 0.25) is 0 Å². The Bertz CT molecular complexity index is 738. The number of hydrogen-bond donors (Lipinski definition) is 0. The molecule has 2 aromatic carbocycles. The van der Waals surface area contributed by atoms with E-state index in [4.69, 9.17) is 0 Å². The zero-order valence-corrected chi connectivity index (χ0v) is 13.7. The third-order valence-electron chi connectivity index (χ3n) is 3.51. The van der Waals surface area contributed by atoms with E-state index in [-0.39, 0.29) is 12.5 Å². The molecule has 0 atom stereocenters. The Morgan fingerprint density at radius 3 is 2.24 bits per heavy atom. The second-order valence-electron chi connectivity index (χ2n) is 5.39. The van der Waals surface area contributed by atoms with Gasteiger partial charge in [-0.05, 0) is 35.4 Å². The first-order valence-electron chi connectivity index (χ1n) is 7.39. The smallest absolute Gasteiger partial charge is 0.399 e. The van der Waals surface area contributed by atoms with E-state index < -0.39 is 11.7 Å². The van der Waals surface area contributed by atoms with Crippen molar-refractivity contribution in [2.45, 2.75) is 12.7 Å². The highest BCUT2D eigenvalue weighted by Crippen LogP contribution is 2.29. The fraction of sp³-hybridized carbons (Fsp3) is 0.222. The van der Waals surface area contributed by atoms with E-state index >= 15 is 0 Å². The molecule has 0 N–H and O–H groups in total. The van der Waals surface area contributed by atoms with Gasteiger partial charge in [-0.15, -0.1) is 0 Å². The third-order valence-corrected chi connectivity index (χ3v) is 3.51. The van der Waals surface area contributed by atoms with Crippen molar-refractivity contribution in [3.05, 3.63) is 70.8 Å². The summed E-state index contributed by atoms with van der Waals surface area (Å²) in [5, 5.41) is 3.63. The van der Waals surface area contributed by atoms with Crippen molar-refractivity contribution in [2.24, 2.45) is 5.16 Å². The van der Waals surface area contributed by atoms with Gasteiger partial charge < -0.3 is 9.74 Å². The molecule has 4 nitrogen and oxygen atoms in total. The number of alkyl halides is 3. The maximum atomic E-state index is 12.6. The summed E-state index contributed by atoms with van der Waals surface area (Å²) in [6.07, 6.45) is -2.85. The molecule has 2 aromatic rings. The van der Waals surface area contributed by atoms with E-state index in [0.29, 0.717) is 11.1 Å². The van der Waals surface area contributed by atoms with Crippen molar-refractivity contribution in [3.8, 4) is 0 Å². The molecule has 0 saturated heterocycles. The van der Waals surface area contributed by atoms with Gasteiger partial charge in [0, 0.05) is 19.2 Å². The van der Waals surface area contributed by atoms with Crippen molar-refractivity contribution in [1.82, 2.24) is 4.90 Å². The Hall–Kier alpha value is -2.83. The fourth-order valence-corrected chi connectivity index (χ4v) is 2.19. The summed E-state index contributed by atoms with van der Waals surface area (Å²) in [4.78, 5) is 18.4. The quantitative estimate of drug-likeness (QED) is 0.605. The SMILES string of the molecule is CO/N=C/c1ccc(C(=O)N(C)Cc2ccc(C(F)(F)F)cc2)cc1. The minimum atomic E-state index is -4.37. The van der Waals surface area contributed by atoms with Crippen LogP contribution in [-0.2, 0) is 17.6 Å². The highest BCUT2D eigenvalue weighted by Gasteiger charge is 2.30. The van der Waals surface area contributed by atoms with Crippen molar-refractivity contribution in [3.63, 3.8) is 0 Å². The van der Waals surface area contributed by atoms with E-state index in [1.54, 1.807) is 31.3 Å². The van der Waals surface area contributed by atoms with E-state index in [2.05, 4.69) is 9.99 Å². The summed E-state index contributed by atoms with van der Waals surface area (Å²) >= 11 is 0. The van der Waals surface area contributed by atoms with Crippen molar-refractivity contribution in [1.29, 1.82) is 0 Å². The third kappa shape index (κ3) is 5.07. The van der Waals surface area contributed by atoms with Gasteiger partial charge >= 0.3 is 6.18 Å². The predicted molar refractivity (Wildman–Crippen MR) is 88.3 cm³/mol. The summed E-state index contributed by atoms with van der Waals surface area (Å²) in [6, 6.07) is 11.5. The number of benzene rings is 2. The summed E-state index contributed by atoms with van der Waals surface area (Å²) < 4.78 is 37.7. The van der Waals surface area contributed by atoms with Crippen molar-refractivity contribution >= 4 is 12.1 Å². The first kappa shape index (κ1) is 18.5. The van der Waals surface area contributed by atoms with Gasteiger partial charge in [-0.1, -0.05) is 29.4 Å². The topological polar surface area (TPSA) is 41.9 Å². The van der Waals surface area contributed by atoms with Crippen LogP contribution >= 0.6 is 0 Å². The molecule has 0 radical (unpaired) electrons. The summed E-state index contributed by atoms with van der Waals surface area (Å²) in [5.74, 6) is -0.227. The molecular weight excluding hydrogens is 333 g/mol. The molecule has 7 heteroatoms. The molecule has 0 aliphatic rings. The van der Waals surface area contributed by atoms with Gasteiger partial charge in [-0.3, -0.25) is 4.79 Å². The van der Waals surface area contributed by atoms with Crippen LogP contribution in [0.5, 0.6) is 0 Å². The van der Waals surface area contributed by atoms with Gasteiger partial charge in [0.1, 0.15) is 7.11 Å². The molecule has 132 valence electrons. The standard InChI is InChI=1S/C18H17F3N2O2/c1-23(12-14-5-9-16(10-6-14)18(19,20)21)17(24)15-7-3-13(4-8-15)11-22-25-2/h3-11H,12H2,1-2H3/b22-11+. The molecule has 0 fully saturated rings. The molecular formula is C18H17F3N2O2. The molecule has 0 aliphatic carbocycles. The van der Waals surface area contributed by atoms with Crippen LogP contribution in [0.2, 0.25) is 0 Å². The molecule has 0 unspecified atom stereocenters.